The summed E-state index contributed by atoms with van der Waals surface area (Å²) in [5, 5.41) is 1.40. The van der Waals surface area contributed by atoms with E-state index in [4.69, 9.17) is 26.1 Å². The normalized spacial score (nSPS) is 13.4. The molecule has 7 heteroatoms. The van der Waals surface area contributed by atoms with Crippen LogP contribution in [0.15, 0.2) is 83.9 Å². The summed E-state index contributed by atoms with van der Waals surface area (Å²) in [4.78, 5) is 21.3. The van der Waals surface area contributed by atoms with E-state index in [1.807, 2.05) is 61.5 Å². The van der Waals surface area contributed by atoms with Crippen molar-refractivity contribution < 1.29 is 14.3 Å². The first-order valence-electron chi connectivity index (χ1n) is 12.7. The highest BCUT2D eigenvalue weighted by Crippen LogP contribution is 2.39. The highest BCUT2D eigenvalue weighted by Gasteiger charge is 2.28. The molecule has 0 bridgehead atoms. The summed E-state index contributed by atoms with van der Waals surface area (Å²) in [5.41, 5.74) is 4.90. The van der Waals surface area contributed by atoms with E-state index in [1.165, 1.54) is 10.4 Å². The number of nitrogens with zero attached hydrogens (tertiary/aromatic N) is 2. The second-order valence-corrected chi connectivity index (χ2v) is 10.6. The minimum Gasteiger partial charge on any atom is -0.489 e. The van der Waals surface area contributed by atoms with Crippen LogP contribution in [0.4, 0.5) is 5.00 Å². The molecule has 4 aromatic rings. The lowest BCUT2D eigenvalue weighted by molar-refractivity contribution is 0.0526. The standard InChI is InChI=1S/C31H29ClN2O3S/c1-2-36-31(35)29-27-15-16-34(19-22-7-4-3-5-8-22)20-28(27)38-30(29)33-18-24-9-6-10-26(17-24)37-21-23-11-13-25(32)14-12-23/h3-14,17-18H,2,15-16,19-21H2,1H3. The van der Waals surface area contributed by atoms with Crippen molar-refractivity contribution in [1.29, 1.82) is 0 Å². The van der Waals surface area contributed by atoms with Gasteiger partial charge in [-0.25, -0.2) is 9.79 Å². The van der Waals surface area contributed by atoms with Crippen molar-refractivity contribution in [3.05, 3.63) is 117 Å². The molecule has 5 nitrogen and oxygen atoms in total. The number of fused-ring (bicyclic) bond motifs is 1. The first-order chi connectivity index (χ1) is 18.6. The Bertz CT molecular complexity index is 1420. The molecule has 0 saturated heterocycles. The number of hydrogen-bond acceptors (Lipinski definition) is 6. The van der Waals surface area contributed by atoms with Crippen molar-refractivity contribution in [1.82, 2.24) is 4.90 Å². The fourth-order valence-corrected chi connectivity index (χ4v) is 5.84. The van der Waals surface area contributed by atoms with Crippen LogP contribution in [0.5, 0.6) is 5.75 Å². The second-order valence-electron chi connectivity index (χ2n) is 9.10. The third-order valence-corrected chi connectivity index (χ3v) is 7.73. The van der Waals surface area contributed by atoms with Crippen molar-refractivity contribution in [3.8, 4) is 5.75 Å². The summed E-state index contributed by atoms with van der Waals surface area (Å²) in [7, 11) is 0. The molecule has 0 unspecified atom stereocenters. The van der Waals surface area contributed by atoms with Gasteiger partial charge >= 0.3 is 5.97 Å². The van der Waals surface area contributed by atoms with Crippen LogP contribution >= 0.6 is 22.9 Å². The molecule has 2 heterocycles. The van der Waals surface area contributed by atoms with Crippen LogP contribution in [-0.2, 0) is 30.9 Å². The summed E-state index contributed by atoms with van der Waals surface area (Å²) in [6, 6.07) is 25.8. The number of rotatable bonds is 9. The Hall–Kier alpha value is -3.45. The van der Waals surface area contributed by atoms with Gasteiger partial charge in [0.25, 0.3) is 0 Å². The van der Waals surface area contributed by atoms with Gasteiger partial charge in [-0.05, 0) is 59.9 Å². The minimum absolute atomic E-state index is 0.297. The Morgan fingerprint density at radius 2 is 1.87 bits per heavy atom. The van der Waals surface area contributed by atoms with Crippen molar-refractivity contribution >= 4 is 40.1 Å². The molecular weight excluding hydrogens is 516 g/mol. The van der Waals surface area contributed by atoms with Crippen molar-refractivity contribution in [2.45, 2.75) is 33.0 Å². The van der Waals surface area contributed by atoms with Crippen molar-refractivity contribution in [2.24, 2.45) is 4.99 Å². The molecule has 0 N–H and O–H groups in total. The van der Waals surface area contributed by atoms with Gasteiger partial charge < -0.3 is 9.47 Å². The van der Waals surface area contributed by atoms with E-state index in [0.29, 0.717) is 28.8 Å². The molecule has 194 valence electrons. The number of hydrogen-bond donors (Lipinski definition) is 0. The van der Waals surface area contributed by atoms with E-state index in [2.05, 4.69) is 29.2 Å². The highest BCUT2D eigenvalue weighted by atomic mass is 35.5. The van der Waals surface area contributed by atoms with Gasteiger partial charge in [-0.15, -0.1) is 11.3 Å². The monoisotopic (exact) mass is 544 g/mol. The quantitative estimate of drug-likeness (QED) is 0.162. The molecule has 0 aliphatic carbocycles. The molecule has 0 saturated carbocycles. The molecule has 0 radical (unpaired) electrons. The molecule has 3 aromatic carbocycles. The number of ether oxygens (including phenoxy) is 2. The van der Waals surface area contributed by atoms with Gasteiger partial charge in [-0.3, -0.25) is 4.90 Å². The lowest BCUT2D eigenvalue weighted by Crippen LogP contribution is -2.29. The van der Waals surface area contributed by atoms with E-state index in [9.17, 15) is 4.79 Å². The molecule has 0 fully saturated rings. The summed E-state index contributed by atoms with van der Waals surface area (Å²) < 4.78 is 11.4. The first-order valence-corrected chi connectivity index (χ1v) is 13.9. The zero-order valence-electron chi connectivity index (χ0n) is 21.2. The van der Waals surface area contributed by atoms with Crippen LogP contribution < -0.4 is 4.74 Å². The van der Waals surface area contributed by atoms with Crippen LogP contribution in [-0.4, -0.2) is 30.2 Å². The molecule has 0 atom stereocenters. The zero-order chi connectivity index (χ0) is 26.3. The maximum atomic E-state index is 12.9. The molecular formula is C31H29ClN2O3S. The fraction of sp³-hybridized carbons (Fsp3) is 0.226. The Kier molecular flexibility index (Phi) is 8.54. The van der Waals surface area contributed by atoms with Crippen LogP contribution in [0.1, 0.15) is 44.4 Å². The number of halogens is 1. The van der Waals surface area contributed by atoms with Crippen molar-refractivity contribution in [3.63, 3.8) is 0 Å². The SMILES string of the molecule is CCOC(=O)c1c(N=Cc2cccc(OCc3ccc(Cl)cc3)c2)sc2c1CCN(Cc1ccccc1)C2. The second kappa shape index (κ2) is 12.4. The third-order valence-electron chi connectivity index (χ3n) is 6.35. The van der Waals surface area contributed by atoms with Gasteiger partial charge in [0, 0.05) is 35.7 Å². The fourth-order valence-electron chi connectivity index (χ4n) is 4.49. The number of esters is 1. The summed E-state index contributed by atoms with van der Waals surface area (Å²) in [6.07, 6.45) is 2.59. The van der Waals surface area contributed by atoms with Gasteiger partial charge in [0.05, 0.1) is 12.2 Å². The maximum Gasteiger partial charge on any atom is 0.341 e. The minimum atomic E-state index is -0.297. The lowest BCUT2D eigenvalue weighted by atomic mass is 10.0. The molecule has 5 rings (SSSR count). The molecule has 38 heavy (non-hydrogen) atoms. The Morgan fingerprint density at radius 1 is 1.05 bits per heavy atom. The molecule has 0 amide bonds. The van der Waals surface area contributed by atoms with Crippen molar-refractivity contribution in [2.75, 3.05) is 13.2 Å². The van der Waals surface area contributed by atoms with Gasteiger partial charge in [-0.1, -0.05) is 66.2 Å². The molecule has 0 spiro atoms. The number of benzene rings is 3. The zero-order valence-corrected chi connectivity index (χ0v) is 22.8. The number of aliphatic imine (C=N–C) groups is 1. The lowest BCUT2D eigenvalue weighted by Gasteiger charge is -2.27. The van der Waals surface area contributed by atoms with Gasteiger partial charge in [0.15, 0.2) is 0 Å². The molecule has 1 aromatic heterocycles. The van der Waals surface area contributed by atoms with E-state index < -0.39 is 0 Å². The summed E-state index contributed by atoms with van der Waals surface area (Å²) in [6.45, 7) is 5.18. The van der Waals surface area contributed by atoms with Gasteiger partial charge in [0.1, 0.15) is 17.4 Å². The third kappa shape index (κ3) is 6.51. The van der Waals surface area contributed by atoms with E-state index in [0.717, 1.165) is 48.5 Å². The molecule has 1 aliphatic heterocycles. The predicted molar refractivity (Wildman–Crippen MR) is 154 cm³/mol. The van der Waals surface area contributed by atoms with Crippen LogP contribution in [0, 0.1) is 0 Å². The Labute approximate surface area is 232 Å². The van der Waals surface area contributed by atoms with Gasteiger partial charge in [-0.2, -0.15) is 0 Å². The highest BCUT2D eigenvalue weighted by molar-refractivity contribution is 7.16. The number of carbonyl (C=O) groups is 1. The summed E-state index contributed by atoms with van der Waals surface area (Å²) in [5.74, 6) is 0.449. The first kappa shape index (κ1) is 26.2. The number of thiophene rings is 1. The predicted octanol–water partition coefficient (Wildman–Crippen LogP) is 7.47. The number of carbonyl (C=O) groups excluding carboxylic acids is 1. The van der Waals surface area contributed by atoms with Gasteiger partial charge in [0.2, 0.25) is 0 Å². The topological polar surface area (TPSA) is 51.1 Å². The smallest absolute Gasteiger partial charge is 0.341 e. The van der Waals surface area contributed by atoms with E-state index in [-0.39, 0.29) is 5.97 Å². The molecule has 1 aliphatic rings. The maximum absolute atomic E-state index is 12.9. The average molecular weight is 545 g/mol. The van der Waals surface area contributed by atoms with E-state index >= 15 is 0 Å². The summed E-state index contributed by atoms with van der Waals surface area (Å²) >= 11 is 7.55. The Morgan fingerprint density at radius 3 is 2.66 bits per heavy atom. The van der Waals surface area contributed by atoms with Crippen LogP contribution in [0.25, 0.3) is 0 Å². The Balaban J connectivity index is 1.33. The average Bonchev–Trinajstić information content (AvgIpc) is 3.30. The van der Waals surface area contributed by atoms with E-state index in [1.54, 1.807) is 17.6 Å². The largest absolute Gasteiger partial charge is 0.489 e. The van der Waals surface area contributed by atoms with Crippen LogP contribution in [0.2, 0.25) is 5.02 Å². The van der Waals surface area contributed by atoms with Crippen LogP contribution in [0.3, 0.4) is 0 Å².